The lowest BCUT2D eigenvalue weighted by Crippen LogP contribution is -2.22. The summed E-state index contributed by atoms with van der Waals surface area (Å²) in [4.78, 5) is 1.43. The highest BCUT2D eigenvalue weighted by Gasteiger charge is 2.30. The van der Waals surface area contributed by atoms with Crippen LogP contribution in [0.1, 0.15) is 43.4 Å². The van der Waals surface area contributed by atoms with Gasteiger partial charge in [0.25, 0.3) is 0 Å². The quantitative estimate of drug-likeness (QED) is 0.698. The molecule has 14 heavy (non-hydrogen) atoms. The predicted octanol–water partition coefficient (Wildman–Crippen LogP) is 4.04. The second-order valence-electron chi connectivity index (χ2n) is 4.10. The Bertz CT molecular complexity index is 273. The van der Waals surface area contributed by atoms with E-state index in [2.05, 4.69) is 17.4 Å². The van der Waals surface area contributed by atoms with Crippen molar-refractivity contribution in [2.45, 2.75) is 43.9 Å². The first kappa shape index (κ1) is 10.4. The first-order valence-electron chi connectivity index (χ1n) is 5.36. The maximum absolute atomic E-state index is 6.23. The molecule has 1 saturated carbocycles. The molecule has 0 aliphatic heterocycles. The van der Waals surface area contributed by atoms with E-state index in [4.69, 9.17) is 11.6 Å². The summed E-state index contributed by atoms with van der Waals surface area (Å²) in [6.07, 6.45) is 6.79. The van der Waals surface area contributed by atoms with Crippen molar-refractivity contribution < 1.29 is 0 Å². The molecule has 0 N–H and O–H groups in total. The smallest absolute Gasteiger partial charge is 0.0409 e. The minimum absolute atomic E-state index is 0.380. The van der Waals surface area contributed by atoms with Crippen LogP contribution in [-0.4, -0.2) is 9.75 Å². The molecule has 0 radical (unpaired) electrons. The Labute approximate surface area is 94.6 Å². The zero-order chi connectivity index (χ0) is 9.97. The lowest BCUT2D eigenvalue weighted by Gasteiger charge is -2.32. The van der Waals surface area contributed by atoms with Gasteiger partial charge in [0, 0.05) is 16.5 Å². The molecule has 0 aromatic carbocycles. The number of aromatic nitrogens is 1. The summed E-state index contributed by atoms with van der Waals surface area (Å²) in [5.41, 5.74) is 0. The molecular weight excluding hydrogens is 214 g/mol. The van der Waals surface area contributed by atoms with Crippen LogP contribution in [0.25, 0.3) is 0 Å². The minimum Gasteiger partial charge on any atom is -0.201 e. The zero-order valence-electron chi connectivity index (χ0n) is 8.45. The van der Waals surface area contributed by atoms with E-state index in [-0.39, 0.29) is 0 Å². The minimum atomic E-state index is 0.380. The SMILES string of the molecule is CCC1CCC(Cl)CC1c1ccns1. The van der Waals surface area contributed by atoms with E-state index in [0.29, 0.717) is 11.3 Å². The Hall–Kier alpha value is -0.0800. The average Bonchev–Trinajstić information content (AvgIpc) is 2.70. The number of nitrogens with zero attached hydrogens (tertiary/aromatic N) is 1. The summed E-state index contributed by atoms with van der Waals surface area (Å²) in [5, 5.41) is 0.380. The molecule has 1 aromatic heterocycles. The number of hydrogen-bond acceptors (Lipinski definition) is 2. The second kappa shape index (κ2) is 4.63. The summed E-state index contributed by atoms with van der Waals surface area (Å²) < 4.78 is 4.19. The monoisotopic (exact) mass is 229 g/mol. The highest BCUT2D eigenvalue weighted by Crippen LogP contribution is 2.42. The first-order chi connectivity index (χ1) is 6.81. The summed E-state index contributed by atoms with van der Waals surface area (Å²) in [6, 6.07) is 2.16. The number of halogens is 1. The molecule has 1 aliphatic rings. The molecule has 1 aromatic rings. The Kier molecular flexibility index (Phi) is 3.45. The molecule has 3 unspecified atom stereocenters. The van der Waals surface area contributed by atoms with Crippen molar-refractivity contribution >= 4 is 23.1 Å². The van der Waals surface area contributed by atoms with Gasteiger partial charge in [0.05, 0.1) is 0 Å². The molecule has 1 fully saturated rings. The van der Waals surface area contributed by atoms with Crippen LogP contribution >= 0.6 is 23.1 Å². The lowest BCUT2D eigenvalue weighted by molar-refractivity contribution is 0.306. The summed E-state index contributed by atoms with van der Waals surface area (Å²) >= 11 is 7.88. The van der Waals surface area contributed by atoms with Crippen LogP contribution in [0, 0.1) is 5.92 Å². The van der Waals surface area contributed by atoms with Crippen molar-refractivity contribution in [3.63, 3.8) is 0 Å². The van der Waals surface area contributed by atoms with Gasteiger partial charge >= 0.3 is 0 Å². The molecule has 0 bridgehead atoms. The summed E-state index contributed by atoms with van der Waals surface area (Å²) in [6.45, 7) is 2.28. The van der Waals surface area contributed by atoms with E-state index in [1.165, 1.54) is 24.1 Å². The molecule has 0 spiro atoms. The Balaban J connectivity index is 2.13. The van der Waals surface area contributed by atoms with Crippen molar-refractivity contribution in [2.75, 3.05) is 0 Å². The van der Waals surface area contributed by atoms with Gasteiger partial charge < -0.3 is 0 Å². The van der Waals surface area contributed by atoms with Gasteiger partial charge in [-0.15, -0.1) is 11.6 Å². The third kappa shape index (κ3) is 2.12. The molecular formula is C11H16ClNS. The molecule has 1 heterocycles. The number of alkyl halides is 1. The third-order valence-electron chi connectivity index (χ3n) is 3.28. The molecule has 2 rings (SSSR count). The molecule has 1 nitrogen and oxygen atoms in total. The van der Waals surface area contributed by atoms with E-state index >= 15 is 0 Å². The highest BCUT2D eigenvalue weighted by molar-refractivity contribution is 7.05. The fourth-order valence-electron chi connectivity index (χ4n) is 2.44. The van der Waals surface area contributed by atoms with Gasteiger partial charge in [0.1, 0.15) is 0 Å². The van der Waals surface area contributed by atoms with Crippen molar-refractivity contribution in [1.82, 2.24) is 4.37 Å². The molecule has 3 atom stereocenters. The van der Waals surface area contributed by atoms with Gasteiger partial charge in [-0.2, -0.15) is 0 Å². The van der Waals surface area contributed by atoms with Crippen LogP contribution in [0.2, 0.25) is 0 Å². The highest BCUT2D eigenvalue weighted by atomic mass is 35.5. The van der Waals surface area contributed by atoms with Crippen molar-refractivity contribution in [2.24, 2.45) is 5.92 Å². The normalized spacial score (nSPS) is 33.1. The van der Waals surface area contributed by atoms with Crippen LogP contribution in [0.4, 0.5) is 0 Å². The molecule has 1 aliphatic carbocycles. The fourth-order valence-corrected chi connectivity index (χ4v) is 3.54. The maximum atomic E-state index is 6.23. The van der Waals surface area contributed by atoms with Crippen molar-refractivity contribution in [3.8, 4) is 0 Å². The van der Waals surface area contributed by atoms with Gasteiger partial charge in [-0.05, 0) is 48.7 Å². The van der Waals surface area contributed by atoms with Gasteiger partial charge in [0.15, 0.2) is 0 Å². The first-order valence-corrected chi connectivity index (χ1v) is 6.57. The van der Waals surface area contributed by atoms with E-state index in [1.54, 1.807) is 11.5 Å². The van der Waals surface area contributed by atoms with Gasteiger partial charge in [0.2, 0.25) is 0 Å². The van der Waals surface area contributed by atoms with Crippen molar-refractivity contribution in [3.05, 3.63) is 17.1 Å². The standard InChI is InChI=1S/C11H16ClNS/c1-2-8-3-4-9(12)7-10(8)11-5-6-13-14-11/h5-6,8-10H,2-4,7H2,1H3. The Morgan fingerprint density at radius 1 is 1.57 bits per heavy atom. The van der Waals surface area contributed by atoms with E-state index in [9.17, 15) is 0 Å². The summed E-state index contributed by atoms with van der Waals surface area (Å²) in [7, 11) is 0. The van der Waals surface area contributed by atoms with Crippen LogP contribution in [0.5, 0.6) is 0 Å². The molecule has 0 amide bonds. The van der Waals surface area contributed by atoms with Gasteiger partial charge in [-0.3, -0.25) is 0 Å². The zero-order valence-corrected chi connectivity index (χ0v) is 10.0. The maximum Gasteiger partial charge on any atom is 0.0409 e. The largest absolute Gasteiger partial charge is 0.201 e. The van der Waals surface area contributed by atoms with E-state index < -0.39 is 0 Å². The van der Waals surface area contributed by atoms with Gasteiger partial charge in [-0.25, -0.2) is 4.37 Å². The van der Waals surface area contributed by atoms with E-state index in [0.717, 1.165) is 12.3 Å². The number of rotatable bonds is 2. The lowest BCUT2D eigenvalue weighted by atomic mass is 9.77. The molecule has 0 saturated heterocycles. The predicted molar refractivity (Wildman–Crippen MR) is 62.1 cm³/mol. The summed E-state index contributed by atoms with van der Waals surface area (Å²) in [5.74, 6) is 1.49. The Morgan fingerprint density at radius 2 is 2.43 bits per heavy atom. The fraction of sp³-hybridized carbons (Fsp3) is 0.727. The number of hydrogen-bond donors (Lipinski definition) is 0. The average molecular weight is 230 g/mol. The van der Waals surface area contributed by atoms with Gasteiger partial charge in [-0.1, -0.05) is 13.3 Å². The van der Waals surface area contributed by atoms with Crippen LogP contribution in [0.15, 0.2) is 12.3 Å². The molecule has 3 heteroatoms. The second-order valence-corrected chi connectivity index (χ2v) is 5.58. The topological polar surface area (TPSA) is 12.9 Å². The third-order valence-corrected chi connectivity index (χ3v) is 4.55. The van der Waals surface area contributed by atoms with Crippen LogP contribution < -0.4 is 0 Å². The van der Waals surface area contributed by atoms with Crippen LogP contribution in [-0.2, 0) is 0 Å². The van der Waals surface area contributed by atoms with E-state index in [1.807, 2.05) is 6.20 Å². The van der Waals surface area contributed by atoms with Crippen molar-refractivity contribution in [1.29, 1.82) is 0 Å². The van der Waals surface area contributed by atoms with Crippen LogP contribution in [0.3, 0.4) is 0 Å². The Morgan fingerprint density at radius 3 is 3.07 bits per heavy atom. The molecule has 78 valence electrons.